The summed E-state index contributed by atoms with van der Waals surface area (Å²) >= 11 is 0. The highest BCUT2D eigenvalue weighted by Gasteiger charge is 2.39. The molecule has 1 aromatic heterocycles. The Labute approximate surface area is 231 Å². The van der Waals surface area contributed by atoms with Crippen LogP contribution in [0, 0.1) is 5.82 Å². The second-order valence-electron chi connectivity index (χ2n) is 9.27. The van der Waals surface area contributed by atoms with Gasteiger partial charge in [-0.3, -0.25) is 4.68 Å². The Morgan fingerprint density at radius 1 is 1.00 bits per heavy atom. The molecule has 4 aromatic rings. The molecule has 0 bridgehead atoms. The third-order valence-corrected chi connectivity index (χ3v) is 7.06. The van der Waals surface area contributed by atoms with E-state index in [2.05, 4.69) is 5.10 Å². The summed E-state index contributed by atoms with van der Waals surface area (Å²) in [4.78, 5) is 0.900. The van der Waals surface area contributed by atoms with Gasteiger partial charge in [-0.2, -0.15) is 27.1 Å². The van der Waals surface area contributed by atoms with Gasteiger partial charge in [0, 0.05) is 35.0 Å². The fraction of sp³-hybridized carbons (Fsp3) is 0.222. The quantitative estimate of drug-likeness (QED) is 0.244. The molecule has 0 unspecified atom stereocenters. The van der Waals surface area contributed by atoms with E-state index in [-0.39, 0.29) is 22.3 Å². The van der Waals surface area contributed by atoms with E-state index < -0.39 is 56.0 Å². The minimum absolute atomic E-state index is 0.00299. The van der Waals surface area contributed by atoms with Crippen LogP contribution in [0.25, 0.3) is 33.4 Å². The number of halogens is 6. The molecule has 0 spiro atoms. The smallest absolute Gasteiger partial charge is 0.417 e. The molecule has 0 radical (unpaired) electrons. The van der Waals surface area contributed by atoms with Crippen molar-refractivity contribution < 1.29 is 39.5 Å². The highest BCUT2D eigenvalue weighted by molar-refractivity contribution is 7.89. The van der Waals surface area contributed by atoms with Gasteiger partial charge >= 0.3 is 12.8 Å². The van der Waals surface area contributed by atoms with Crippen molar-refractivity contribution in [3.63, 3.8) is 0 Å². The Morgan fingerprint density at radius 3 is 2.29 bits per heavy atom. The molecular weight excluding hydrogens is 574 g/mol. The molecule has 218 valence electrons. The fourth-order valence-corrected chi connectivity index (χ4v) is 5.12. The molecule has 1 heterocycles. The van der Waals surface area contributed by atoms with Crippen molar-refractivity contribution in [1.29, 1.82) is 0 Å². The van der Waals surface area contributed by atoms with E-state index in [0.717, 1.165) is 24.3 Å². The lowest BCUT2D eigenvalue weighted by atomic mass is 9.88. The van der Waals surface area contributed by atoms with E-state index in [1.54, 1.807) is 0 Å². The van der Waals surface area contributed by atoms with Crippen LogP contribution < -0.4 is 9.88 Å². The van der Waals surface area contributed by atoms with Gasteiger partial charge in [0.05, 0.1) is 23.2 Å². The second-order valence-corrected chi connectivity index (χ2v) is 10.8. The van der Waals surface area contributed by atoms with Crippen molar-refractivity contribution in [1.82, 2.24) is 14.7 Å². The largest absolute Gasteiger partial charge is 0.433 e. The van der Waals surface area contributed by atoms with Crippen molar-refractivity contribution in [3.05, 3.63) is 78.4 Å². The number of hydrogen-bond donors (Lipinski definition) is 1. The predicted molar refractivity (Wildman–Crippen MR) is 140 cm³/mol. The van der Waals surface area contributed by atoms with Crippen LogP contribution in [0.5, 0.6) is 5.75 Å². The summed E-state index contributed by atoms with van der Waals surface area (Å²) in [6.07, 6.45) is -2.36. The lowest BCUT2D eigenvalue weighted by Crippen LogP contribution is -2.18. The number of alkyl halides is 5. The van der Waals surface area contributed by atoms with Crippen molar-refractivity contribution in [2.75, 3.05) is 20.6 Å². The molecule has 0 aliphatic heterocycles. The van der Waals surface area contributed by atoms with Gasteiger partial charge in [-0.1, -0.05) is 24.3 Å². The van der Waals surface area contributed by atoms with Crippen LogP contribution in [0.1, 0.15) is 5.56 Å². The van der Waals surface area contributed by atoms with Gasteiger partial charge in [0.1, 0.15) is 11.6 Å². The lowest BCUT2D eigenvalue weighted by molar-refractivity contribution is -0.137. The molecule has 0 aliphatic carbocycles. The molecule has 0 amide bonds. The molecule has 14 heteroatoms. The minimum atomic E-state index is -5.14. The number of nitrogens with zero attached hydrogens (tertiary/aromatic N) is 3. The number of rotatable bonds is 9. The van der Waals surface area contributed by atoms with E-state index >= 15 is 0 Å². The van der Waals surface area contributed by atoms with Crippen LogP contribution in [-0.2, 0) is 22.7 Å². The van der Waals surface area contributed by atoms with Gasteiger partial charge in [-0.25, -0.2) is 17.9 Å². The molecule has 0 saturated carbocycles. The maximum atomic E-state index is 14.4. The maximum absolute atomic E-state index is 14.4. The molecule has 2 N–H and O–H groups in total. The van der Waals surface area contributed by atoms with Gasteiger partial charge in [-0.05, 0) is 55.6 Å². The zero-order chi connectivity index (χ0) is 30.1. The normalized spacial score (nSPS) is 12.4. The Balaban J connectivity index is 2.17. The lowest BCUT2D eigenvalue weighted by Gasteiger charge is -2.23. The zero-order valence-corrected chi connectivity index (χ0v) is 22.5. The monoisotopic (exact) mass is 598 g/mol. The van der Waals surface area contributed by atoms with E-state index in [1.807, 2.05) is 19.0 Å². The van der Waals surface area contributed by atoms with Crippen molar-refractivity contribution >= 4 is 10.0 Å². The summed E-state index contributed by atoms with van der Waals surface area (Å²) < 4.78 is 117. The van der Waals surface area contributed by atoms with Gasteiger partial charge in [-0.15, -0.1) is 0 Å². The number of sulfonamides is 1. The Bertz CT molecular complexity index is 1670. The predicted octanol–water partition coefficient (Wildman–Crippen LogP) is 5.85. The number of likely N-dealkylation sites (N-methyl/N-ethyl adjacent to an activating group) is 1. The molecule has 0 saturated heterocycles. The average Bonchev–Trinajstić information content (AvgIpc) is 3.34. The molecule has 41 heavy (non-hydrogen) atoms. The number of benzene rings is 3. The van der Waals surface area contributed by atoms with Crippen molar-refractivity contribution in [3.8, 4) is 39.1 Å². The summed E-state index contributed by atoms with van der Waals surface area (Å²) in [5, 5.41) is 9.54. The first-order valence-electron chi connectivity index (χ1n) is 12.0. The highest BCUT2D eigenvalue weighted by Crippen LogP contribution is 2.51. The number of aromatic nitrogens is 2. The Hall–Kier alpha value is -3.88. The standard InChI is InChI=1S/C27H24F6N4O3S/c1-36(2)11-12-37-15-17(14-35-37)19-9-10-20(16-5-3-6-18(28)13-16)25(40-26(29)30)23(19)24-21(27(31,32)33)7-4-8-22(24)41(34,38)39/h3-10,13-15,26H,11-12H2,1-2H3,(H2,34,38,39). The van der Waals surface area contributed by atoms with Crippen LogP contribution in [-0.4, -0.2) is 50.3 Å². The Kier molecular flexibility index (Phi) is 8.47. The maximum Gasteiger partial charge on any atom is 0.417 e. The molecule has 0 aliphatic rings. The third-order valence-electron chi connectivity index (χ3n) is 6.11. The summed E-state index contributed by atoms with van der Waals surface area (Å²) in [6, 6.07) is 9.56. The summed E-state index contributed by atoms with van der Waals surface area (Å²) in [6.45, 7) is -2.61. The molecule has 7 nitrogen and oxygen atoms in total. The number of ether oxygens (including phenoxy) is 1. The van der Waals surface area contributed by atoms with Gasteiger partial charge in [0.2, 0.25) is 10.0 Å². The minimum Gasteiger partial charge on any atom is -0.433 e. The number of hydrogen-bond acceptors (Lipinski definition) is 5. The van der Waals surface area contributed by atoms with Gasteiger partial charge in [0.25, 0.3) is 0 Å². The SMILES string of the molecule is CN(C)CCn1cc(-c2ccc(-c3cccc(F)c3)c(OC(F)F)c2-c2c(C(F)(F)F)cccc2S(N)(=O)=O)cn1. The third kappa shape index (κ3) is 6.72. The van der Waals surface area contributed by atoms with E-state index in [9.17, 15) is 34.8 Å². The van der Waals surface area contributed by atoms with E-state index in [0.29, 0.717) is 19.2 Å². The first-order chi connectivity index (χ1) is 19.2. The van der Waals surface area contributed by atoms with Crippen molar-refractivity contribution in [2.45, 2.75) is 24.2 Å². The number of primary sulfonamides is 1. The van der Waals surface area contributed by atoms with Gasteiger partial charge in [0.15, 0.2) is 0 Å². The topological polar surface area (TPSA) is 90.5 Å². The van der Waals surface area contributed by atoms with Crippen molar-refractivity contribution in [2.24, 2.45) is 5.14 Å². The van der Waals surface area contributed by atoms with Crippen LogP contribution in [0.15, 0.2) is 71.9 Å². The fourth-order valence-electron chi connectivity index (χ4n) is 4.36. The van der Waals surface area contributed by atoms with E-state index in [1.165, 1.54) is 41.3 Å². The van der Waals surface area contributed by atoms with Crippen LogP contribution in [0.2, 0.25) is 0 Å². The summed E-state index contributed by atoms with van der Waals surface area (Å²) in [5.74, 6) is -1.55. The zero-order valence-electron chi connectivity index (χ0n) is 21.7. The van der Waals surface area contributed by atoms with Crippen LogP contribution in [0.3, 0.4) is 0 Å². The first kappa shape index (κ1) is 30.1. The average molecular weight is 599 g/mol. The highest BCUT2D eigenvalue weighted by atomic mass is 32.2. The first-order valence-corrected chi connectivity index (χ1v) is 13.5. The number of nitrogens with two attached hydrogens (primary N) is 1. The second kappa shape index (κ2) is 11.5. The molecule has 0 fully saturated rings. The summed E-state index contributed by atoms with van der Waals surface area (Å²) in [5.41, 5.74) is -3.21. The van der Waals surface area contributed by atoms with Gasteiger partial charge < -0.3 is 9.64 Å². The molecular formula is C27H24F6N4O3S. The van der Waals surface area contributed by atoms with Crippen LogP contribution >= 0.6 is 0 Å². The molecule has 4 rings (SSSR count). The molecule has 0 atom stereocenters. The van der Waals surface area contributed by atoms with E-state index in [4.69, 9.17) is 9.88 Å². The molecule has 3 aromatic carbocycles. The van der Waals surface area contributed by atoms with Crippen LogP contribution in [0.4, 0.5) is 26.3 Å². The summed E-state index contributed by atoms with van der Waals surface area (Å²) in [7, 11) is -1.19. The Morgan fingerprint density at radius 2 is 1.68 bits per heavy atom.